The summed E-state index contributed by atoms with van der Waals surface area (Å²) in [4.78, 5) is 38.0. The molecule has 0 spiro atoms. The van der Waals surface area contributed by atoms with Crippen LogP contribution >= 0.6 is 7.75 Å². The third kappa shape index (κ3) is 7.26. The highest BCUT2D eigenvalue weighted by atomic mass is 31.2. The number of aryl methyl sites for hydroxylation is 1. The van der Waals surface area contributed by atoms with Crippen LogP contribution in [0.4, 0.5) is 0 Å². The zero-order chi connectivity index (χ0) is 23.3. The second-order valence-electron chi connectivity index (χ2n) is 7.72. The maximum absolute atomic E-state index is 12.8. The van der Waals surface area contributed by atoms with E-state index in [2.05, 4.69) is 10.1 Å². The Hall–Kier alpha value is -2.04. The van der Waals surface area contributed by atoms with Crippen LogP contribution < -0.4 is 16.3 Å². The lowest BCUT2D eigenvalue weighted by atomic mass is 10.3. The van der Waals surface area contributed by atoms with Crippen molar-refractivity contribution in [2.45, 2.75) is 72.1 Å². The molecule has 0 saturated heterocycles. The van der Waals surface area contributed by atoms with Gasteiger partial charge in [-0.2, -0.15) is 0 Å². The van der Waals surface area contributed by atoms with Crippen LogP contribution in [0.1, 0.15) is 46.4 Å². The number of H-pyrrole nitrogens is 1. The summed E-state index contributed by atoms with van der Waals surface area (Å²) in [6.07, 6.45) is 2.59. The summed E-state index contributed by atoms with van der Waals surface area (Å²) in [6, 6.07) is -0.964. The zero-order valence-electron chi connectivity index (χ0n) is 18.5. The van der Waals surface area contributed by atoms with E-state index in [1.807, 2.05) is 0 Å². The Morgan fingerprint density at radius 2 is 1.81 bits per heavy atom. The predicted molar refractivity (Wildman–Crippen MR) is 113 cm³/mol. The molecule has 174 valence electrons. The number of hydrogen-bond acceptors (Lipinski definition) is 8. The number of aromatic nitrogens is 2. The number of ether oxygens (including phenoxy) is 2. The molecule has 0 aromatic carbocycles. The standard InChI is InChI=1S/C19H30N3O8P/c1-11(2)29-31(26,30-12(3)4)21-14(6)18(24)27-10-15-7-8-16(28-15)22-9-13(5)17(23)20-19(22)25/h7-9,11-12,14-16H,10H2,1-6H3,(H,21,26)(H,20,23,25)/t14-,15-,16+/m0/s1. The summed E-state index contributed by atoms with van der Waals surface area (Å²) in [7, 11) is -3.72. The Bertz CT molecular complexity index is 954. The smallest absolute Gasteiger partial charge is 0.406 e. The van der Waals surface area contributed by atoms with Crippen molar-refractivity contribution in [3.63, 3.8) is 0 Å². The van der Waals surface area contributed by atoms with Gasteiger partial charge in [-0.1, -0.05) is 6.08 Å². The van der Waals surface area contributed by atoms with Gasteiger partial charge in [0.1, 0.15) is 18.8 Å². The van der Waals surface area contributed by atoms with Gasteiger partial charge in [0.15, 0.2) is 6.23 Å². The van der Waals surface area contributed by atoms with Gasteiger partial charge in [0.05, 0.1) is 12.2 Å². The van der Waals surface area contributed by atoms with Crippen LogP contribution in [-0.4, -0.2) is 46.5 Å². The SMILES string of the molecule is Cc1cn([C@H]2C=C[C@@H](COC(=O)[C@H](C)NP(=O)(OC(C)C)OC(C)C)O2)c(=O)[nH]c1=O. The lowest BCUT2D eigenvalue weighted by Crippen LogP contribution is -2.37. The first-order valence-electron chi connectivity index (χ1n) is 9.97. The summed E-state index contributed by atoms with van der Waals surface area (Å²) in [6.45, 7) is 9.76. The first-order valence-corrected chi connectivity index (χ1v) is 11.5. The topological polar surface area (TPSA) is 138 Å². The van der Waals surface area contributed by atoms with E-state index in [1.54, 1.807) is 46.8 Å². The lowest BCUT2D eigenvalue weighted by Gasteiger charge is -2.25. The monoisotopic (exact) mass is 459 g/mol. The molecule has 0 bridgehead atoms. The van der Waals surface area contributed by atoms with Crippen LogP contribution in [0, 0.1) is 6.92 Å². The molecule has 11 nitrogen and oxygen atoms in total. The number of nitrogens with one attached hydrogen (secondary N) is 2. The van der Waals surface area contributed by atoms with Crippen LogP contribution in [0.5, 0.6) is 0 Å². The maximum atomic E-state index is 12.8. The first-order chi connectivity index (χ1) is 14.4. The highest BCUT2D eigenvalue weighted by Gasteiger charge is 2.33. The molecule has 0 fully saturated rings. The Labute approximate surface area is 180 Å². The largest absolute Gasteiger partial charge is 0.461 e. The Balaban J connectivity index is 1.92. The van der Waals surface area contributed by atoms with E-state index in [1.165, 1.54) is 17.7 Å². The van der Waals surface area contributed by atoms with Crippen molar-refractivity contribution in [3.05, 3.63) is 44.8 Å². The van der Waals surface area contributed by atoms with E-state index in [0.29, 0.717) is 5.56 Å². The summed E-state index contributed by atoms with van der Waals surface area (Å²) >= 11 is 0. The van der Waals surface area contributed by atoms with Crippen molar-refractivity contribution in [2.75, 3.05) is 6.61 Å². The van der Waals surface area contributed by atoms with Crippen molar-refractivity contribution in [1.29, 1.82) is 0 Å². The van der Waals surface area contributed by atoms with Crippen LogP contribution in [0.25, 0.3) is 0 Å². The molecule has 1 aromatic rings. The Morgan fingerprint density at radius 3 is 2.39 bits per heavy atom. The second-order valence-corrected chi connectivity index (χ2v) is 9.39. The minimum atomic E-state index is -3.72. The average molecular weight is 459 g/mol. The van der Waals surface area contributed by atoms with E-state index in [-0.39, 0.29) is 18.8 Å². The molecule has 1 aromatic heterocycles. The van der Waals surface area contributed by atoms with Crippen molar-refractivity contribution in [1.82, 2.24) is 14.6 Å². The molecule has 3 atom stereocenters. The molecule has 1 aliphatic heterocycles. The molecule has 0 unspecified atom stereocenters. The minimum absolute atomic E-state index is 0.116. The highest BCUT2D eigenvalue weighted by molar-refractivity contribution is 7.51. The van der Waals surface area contributed by atoms with Crippen molar-refractivity contribution in [3.8, 4) is 0 Å². The number of nitrogens with zero attached hydrogens (tertiary/aromatic N) is 1. The summed E-state index contributed by atoms with van der Waals surface area (Å²) in [5.41, 5.74) is -0.704. The summed E-state index contributed by atoms with van der Waals surface area (Å²) < 4.78 is 35.7. The van der Waals surface area contributed by atoms with Gasteiger partial charge in [-0.25, -0.2) is 14.4 Å². The third-order valence-electron chi connectivity index (χ3n) is 4.02. The van der Waals surface area contributed by atoms with E-state index in [9.17, 15) is 18.9 Å². The van der Waals surface area contributed by atoms with Crippen LogP contribution in [-0.2, 0) is 27.9 Å². The van der Waals surface area contributed by atoms with Gasteiger partial charge in [0, 0.05) is 11.8 Å². The second kappa shape index (κ2) is 10.5. The average Bonchev–Trinajstić information content (AvgIpc) is 3.09. The Morgan fingerprint density at radius 1 is 1.19 bits per heavy atom. The summed E-state index contributed by atoms with van der Waals surface area (Å²) in [5.74, 6) is -0.669. The number of carbonyl (C=O) groups is 1. The predicted octanol–water partition coefficient (Wildman–Crippen LogP) is 1.78. The van der Waals surface area contributed by atoms with E-state index in [4.69, 9.17) is 18.5 Å². The minimum Gasteiger partial charge on any atom is -0.461 e. The molecule has 1 aliphatic rings. The van der Waals surface area contributed by atoms with E-state index in [0.717, 1.165) is 0 Å². The highest BCUT2D eigenvalue weighted by Crippen LogP contribution is 2.46. The van der Waals surface area contributed by atoms with Gasteiger partial charge in [-0.05, 0) is 47.6 Å². The zero-order valence-corrected chi connectivity index (χ0v) is 19.4. The Kier molecular flexibility index (Phi) is 8.56. The molecule has 2 N–H and O–H groups in total. The molecular formula is C19H30N3O8P. The first kappa shape index (κ1) is 25.2. The van der Waals surface area contributed by atoms with Gasteiger partial charge in [-0.15, -0.1) is 0 Å². The van der Waals surface area contributed by atoms with E-state index >= 15 is 0 Å². The molecule has 0 radical (unpaired) electrons. The van der Waals surface area contributed by atoms with Crippen LogP contribution in [0.3, 0.4) is 0 Å². The molecule has 2 heterocycles. The van der Waals surface area contributed by atoms with E-state index < -0.39 is 43.3 Å². The number of hydrogen-bond donors (Lipinski definition) is 2. The number of aromatic amines is 1. The fourth-order valence-corrected chi connectivity index (χ4v) is 4.60. The fraction of sp³-hybridized carbons (Fsp3) is 0.632. The molecule has 12 heteroatoms. The van der Waals surface area contributed by atoms with Gasteiger partial charge in [-0.3, -0.25) is 28.2 Å². The lowest BCUT2D eigenvalue weighted by molar-refractivity contribution is -0.149. The van der Waals surface area contributed by atoms with Crippen LogP contribution in [0.15, 0.2) is 27.9 Å². The van der Waals surface area contributed by atoms with Gasteiger partial charge in [0.2, 0.25) is 0 Å². The molecule has 0 amide bonds. The number of carbonyl (C=O) groups excluding carboxylic acids is 1. The fourth-order valence-electron chi connectivity index (χ4n) is 2.74. The van der Waals surface area contributed by atoms with Gasteiger partial charge < -0.3 is 9.47 Å². The molecule has 31 heavy (non-hydrogen) atoms. The molecular weight excluding hydrogens is 429 g/mol. The third-order valence-corrected chi connectivity index (χ3v) is 6.12. The normalized spacial score (nSPS) is 19.9. The number of esters is 1. The van der Waals surface area contributed by atoms with Gasteiger partial charge in [0.25, 0.3) is 5.56 Å². The maximum Gasteiger partial charge on any atom is 0.406 e. The van der Waals surface area contributed by atoms with Crippen molar-refractivity contribution < 1.29 is 27.9 Å². The molecule has 0 saturated carbocycles. The quantitative estimate of drug-likeness (QED) is 0.305. The van der Waals surface area contributed by atoms with Crippen LogP contribution in [0.2, 0.25) is 0 Å². The summed E-state index contributed by atoms with van der Waals surface area (Å²) in [5, 5.41) is 2.58. The van der Waals surface area contributed by atoms with Crippen molar-refractivity contribution >= 4 is 13.7 Å². The molecule has 0 aliphatic carbocycles. The van der Waals surface area contributed by atoms with Crippen molar-refractivity contribution in [2.24, 2.45) is 0 Å². The van der Waals surface area contributed by atoms with Gasteiger partial charge >= 0.3 is 19.4 Å². The number of rotatable bonds is 10. The molecule has 2 rings (SSSR count).